The smallest absolute Gasteiger partial charge is 0.276 e. The normalized spacial score (nSPS) is 23.6. The maximum atomic E-state index is 10.8. The average Bonchev–Trinajstić information content (AvgIpc) is 2.67. The summed E-state index contributed by atoms with van der Waals surface area (Å²) in [5.41, 5.74) is 6.62. The molecule has 2 rings (SSSR count). The van der Waals surface area contributed by atoms with Crippen molar-refractivity contribution in [2.45, 2.75) is 38.3 Å². The van der Waals surface area contributed by atoms with E-state index in [1.54, 1.807) is 19.1 Å². The maximum Gasteiger partial charge on any atom is 0.276 e. The minimum Gasteiger partial charge on any atom is -0.489 e. The Kier molecular flexibility index (Phi) is 3.28. The van der Waals surface area contributed by atoms with Crippen molar-refractivity contribution >= 4 is 5.69 Å². The molecule has 0 bridgehead atoms. The third-order valence-corrected chi connectivity index (χ3v) is 3.17. The topological polar surface area (TPSA) is 78.4 Å². The standard InChI is InChI=1S/C12H16N2O3/c1-8-5-6-9(7-11(8)14(15)16)17-12-4-2-3-10(12)13/h5-7,10,12H,2-4,13H2,1H3. The van der Waals surface area contributed by atoms with Crippen LogP contribution in [0.4, 0.5) is 5.69 Å². The summed E-state index contributed by atoms with van der Waals surface area (Å²) in [7, 11) is 0. The van der Waals surface area contributed by atoms with Gasteiger partial charge >= 0.3 is 0 Å². The number of benzene rings is 1. The molecule has 1 fully saturated rings. The Bertz CT molecular complexity index is 434. The predicted octanol–water partition coefficient (Wildman–Crippen LogP) is 2.16. The fraction of sp³-hybridized carbons (Fsp3) is 0.500. The van der Waals surface area contributed by atoms with Crippen molar-refractivity contribution in [2.75, 3.05) is 0 Å². The molecule has 0 saturated heterocycles. The Morgan fingerprint density at radius 2 is 2.24 bits per heavy atom. The van der Waals surface area contributed by atoms with E-state index < -0.39 is 4.92 Å². The molecule has 1 aromatic carbocycles. The number of hydrogen-bond donors (Lipinski definition) is 1. The largest absolute Gasteiger partial charge is 0.489 e. The molecule has 0 heterocycles. The minimum atomic E-state index is -0.392. The number of nitrogens with two attached hydrogens (primary N) is 1. The van der Waals surface area contributed by atoms with Gasteiger partial charge in [-0.15, -0.1) is 0 Å². The fourth-order valence-electron chi connectivity index (χ4n) is 2.14. The van der Waals surface area contributed by atoms with Gasteiger partial charge in [-0.25, -0.2) is 0 Å². The highest BCUT2D eigenvalue weighted by Gasteiger charge is 2.26. The monoisotopic (exact) mass is 236 g/mol. The zero-order chi connectivity index (χ0) is 12.4. The van der Waals surface area contributed by atoms with Crippen molar-refractivity contribution in [3.05, 3.63) is 33.9 Å². The number of hydrogen-bond acceptors (Lipinski definition) is 4. The number of ether oxygens (including phenoxy) is 1. The van der Waals surface area contributed by atoms with Crippen LogP contribution in [0.25, 0.3) is 0 Å². The first-order valence-electron chi connectivity index (χ1n) is 5.75. The minimum absolute atomic E-state index is 0.0164. The van der Waals surface area contributed by atoms with Crippen molar-refractivity contribution in [3.8, 4) is 5.75 Å². The van der Waals surface area contributed by atoms with Crippen LogP contribution in [0.5, 0.6) is 5.75 Å². The predicted molar refractivity (Wildman–Crippen MR) is 64.1 cm³/mol. The lowest BCUT2D eigenvalue weighted by molar-refractivity contribution is -0.385. The summed E-state index contributed by atoms with van der Waals surface area (Å²) in [6.45, 7) is 1.71. The summed E-state index contributed by atoms with van der Waals surface area (Å²) in [4.78, 5) is 10.4. The van der Waals surface area contributed by atoms with Crippen LogP contribution in [-0.2, 0) is 0 Å². The van der Waals surface area contributed by atoms with Gasteiger partial charge in [-0.3, -0.25) is 10.1 Å². The quantitative estimate of drug-likeness (QED) is 0.644. The molecule has 1 saturated carbocycles. The highest BCUT2D eigenvalue weighted by Crippen LogP contribution is 2.28. The molecule has 2 atom stereocenters. The molecule has 5 heteroatoms. The highest BCUT2D eigenvalue weighted by molar-refractivity contribution is 5.45. The number of nitro benzene ring substituents is 1. The first-order chi connectivity index (χ1) is 8.08. The summed E-state index contributed by atoms with van der Waals surface area (Å²) in [5, 5.41) is 10.8. The summed E-state index contributed by atoms with van der Waals surface area (Å²) in [6, 6.07) is 4.97. The lowest BCUT2D eigenvalue weighted by Gasteiger charge is -2.17. The molecular formula is C12H16N2O3. The third-order valence-electron chi connectivity index (χ3n) is 3.17. The summed E-state index contributed by atoms with van der Waals surface area (Å²) < 4.78 is 5.70. The van der Waals surface area contributed by atoms with Crippen LogP contribution in [0, 0.1) is 17.0 Å². The first-order valence-corrected chi connectivity index (χ1v) is 5.75. The van der Waals surface area contributed by atoms with E-state index in [4.69, 9.17) is 10.5 Å². The lowest BCUT2D eigenvalue weighted by Crippen LogP contribution is -2.33. The molecule has 92 valence electrons. The van der Waals surface area contributed by atoms with Crippen LogP contribution in [0.3, 0.4) is 0 Å². The Balaban J connectivity index is 2.16. The first kappa shape index (κ1) is 11.9. The molecule has 0 spiro atoms. The van der Waals surface area contributed by atoms with Gasteiger partial charge in [0.2, 0.25) is 0 Å². The van der Waals surface area contributed by atoms with E-state index in [0.717, 1.165) is 19.3 Å². The van der Waals surface area contributed by atoms with Crippen LogP contribution >= 0.6 is 0 Å². The van der Waals surface area contributed by atoms with Crippen molar-refractivity contribution in [1.82, 2.24) is 0 Å². The molecule has 2 unspecified atom stereocenters. The van der Waals surface area contributed by atoms with E-state index >= 15 is 0 Å². The number of aryl methyl sites for hydroxylation is 1. The van der Waals surface area contributed by atoms with Crippen molar-refractivity contribution in [3.63, 3.8) is 0 Å². The summed E-state index contributed by atoms with van der Waals surface area (Å²) in [6.07, 6.45) is 2.92. The molecule has 2 N–H and O–H groups in total. The zero-order valence-corrected chi connectivity index (χ0v) is 9.76. The van der Waals surface area contributed by atoms with Gasteiger partial charge in [0.05, 0.1) is 11.0 Å². The second-order valence-corrected chi connectivity index (χ2v) is 4.46. The lowest BCUT2D eigenvalue weighted by atomic mass is 10.2. The van der Waals surface area contributed by atoms with E-state index in [-0.39, 0.29) is 17.8 Å². The van der Waals surface area contributed by atoms with Crippen molar-refractivity contribution in [1.29, 1.82) is 0 Å². The van der Waals surface area contributed by atoms with Gasteiger partial charge in [0.25, 0.3) is 5.69 Å². The van der Waals surface area contributed by atoms with Gasteiger partial charge in [0.15, 0.2) is 0 Å². The van der Waals surface area contributed by atoms with Gasteiger partial charge in [-0.1, -0.05) is 0 Å². The van der Waals surface area contributed by atoms with Gasteiger partial charge in [-0.2, -0.15) is 0 Å². The van der Waals surface area contributed by atoms with Crippen LogP contribution < -0.4 is 10.5 Å². The maximum absolute atomic E-state index is 10.8. The molecule has 0 amide bonds. The molecule has 5 nitrogen and oxygen atoms in total. The second kappa shape index (κ2) is 4.71. The molecule has 0 aromatic heterocycles. The molecule has 17 heavy (non-hydrogen) atoms. The third kappa shape index (κ3) is 2.55. The van der Waals surface area contributed by atoms with E-state index in [2.05, 4.69) is 0 Å². The Labute approximate surface area is 99.7 Å². The summed E-state index contributed by atoms with van der Waals surface area (Å²) >= 11 is 0. The Morgan fingerprint density at radius 1 is 1.47 bits per heavy atom. The van der Waals surface area contributed by atoms with Gasteiger partial charge < -0.3 is 10.5 Å². The highest BCUT2D eigenvalue weighted by atomic mass is 16.6. The Hall–Kier alpha value is -1.62. The zero-order valence-electron chi connectivity index (χ0n) is 9.76. The molecule has 1 aromatic rings. The SMILES string of the molecule is Cc1ccc(OC2CCCC2N)cc1[N+](=O)[O-]. The Morgan fingerprint density at radius 3 is 2.82 bits per heavy atom. The fourth-order valence-corrected chi connectivity index (χ4v) is 2.14. The van der Waals surface area contributed by atoms with Crippen molar-refractivity contribution < 1.29 is 9.66 Å². The molecule has 1 aliphatic rings. The number of nitrogens with zero attached hydrogens (tertiary/aromatic N) is 1. The van der Waals surface area contributed by atoms with Crippen LogP contribution in [0.15, 0.2) is 18.2 Å². The van der Waals surface area contributed by atoms with Gasteiger partial charge in [-0.05, 0) is 38.3 Å². The van der Waals surface area contributed by atoms with E-state index in [9.17, 15) is 10.1 Å². The molecular weight excluding hydrogens is 220 g/mol. The van der Waals surface area contributed by atoms with Crippen LogP contribution in [-0.4, -0.2) is 17.1 Å². The second-order valence-electron chi connectivity index (χ2n) is 4.46. The summed E-state index contributed by atoms with van der Waals surface area (Å²) in [5.74, 6) is 0.532. The average molecular weight is 236 g/mol. The number of nitro groups is 1. The van der Waals surface area contributed by atoms with E-state index in [1.807, 2.05) is 0 Å². The van der Waals surface area contributed by atoms with Crippen LogP contribution in [0.1, 0.15) is 24.8 Å². The molecule has 1 aliphatic carbocycles. The molecule has 0 aliphatic heterocycles. The van der Waals surface area contributed by atoms with E-state index in [0.29, 0.717) is 11.3 Å². The van der Waals surface area contributed by atoms with Crippen LogP contribution in [0.2, 0.25) is 0 Å². The van der Waals surface area contributed by atoms with Gasteiger partial charge in [0, 0.05) is 11.6 Å². The molecule has 0 radical (unpaired) electrons. The van der Waals surface area contributed by atoms with Gasteiger partial charge in [0.1, 0.15) is 11.9 Å². The van der Waals surface area contributed by atoms with Crippen molar-refractivity contribution in [2.24, 2.45) is 5.73 Å². The number of rotatable bonds is 3. The van der Waals surface area contributed by atoms with E-state index in [1.165, 1.54) is 6.07 Å².